The van der Waals surface area contributed by atoms with E-state index in [-0.39, 0.29) is 11.1 Å². The largest absolute Gasteiger partial charge is 0.534 e. The molecule has 0 saturated carbocycles. The second-order valence-corrected chi connectivity index (χ2v) is 5.18. The minimum absolute atomic E-state index is 0.207. The first kappa shape index (κ1) is 14.1. The maximum Gasteiger partial charge on any atom is 0.534 e. The molecule has 9 heteroatoms. The second kappa shape index (κ2) is 4.64. The molecule has 104 valence electrons. The number of alkyl halides is 3. The minimum Gasteiger partial charge on any atom is -0.375 e. The highest BCUT2D eigenvalue weighted by atomic mass is 32.2. The summed E-state index contributed by atoms with van der Waals surface area (Å²) in [6.07, 6.45) is 1.37. The molecule has 0 spiro atoms. The molecule has 0 bridgehead atoms. The first-order valence-corrected chi connectivity index (χ1v) is 6.45. The van der Waals surface area contributed by atoms with Gasteiger partial charge in [-0.1, -0.05) is 6.07 Å². The van der Waals surface area contributed by atoms with Crippen molar-refractivity contribution in [3.05, 3.63) is 36.0 Å². The molecule has 0 fully saturated rings. The van der Waals surface area contributed by atoms with Crippen LogP contribution in [0.4, 0.5) is 13.2 Å². The van der Waals surface area contributed by atoms with Gasteiger partial charge in [0.15, 0.2) is 5.75 Å². The average molecular weight is 302 g/mol. The molecule has 0 aliphatic rings. The van der Waals surface area contributed by atoms with Gasteiger partial charge >= 0.3 is 15.6 Å². The molecule has 1 aromatic carbocycles. The van der Waals surface area contributed by atoms with Crippen LogP contribution >= 0.6 is 0 Å². The maximum absolute atomic E-state index is 12.3. The zero-order valence-corrected chi connectivity index (χ0v) is 10.4. The first-order chi connectivity index (χ1) is 9.24. The SMILES string of the molecule is N#Cc1cc2cccnc2cc1OS(=O)(=O)C(F)(F)F. The summed E-state index contributed by atoms with van der Waals surface area (Å²) in [5.41, 5.74) is -5.70. The van der Waals surface area contributed by atoms with Gasteiger partial charge in [0.05, 0.1) is 11.1 Å². The summed E-state index contributed by atoms with van der Waals surface area (Å²) in [4.78, 5) is 3.84. The fraction of sp³-hybridized carbons (Fsp3) is 0.0909. The van der Waals surface area contributed by atoms with Crippen LogP contribution in [0.1, 0.15) is 5.56 Å². The molecule has 2 rings (SSSR count). The lowest BCUT2D eigenvalue weighted by Crippen LogP contribution is -2.28. The normalized spacial score (nSPS) is 12.1. The van der Waals surface area contributed by atoms with Crippen molar-refractivity contribution in [3.8, 4) is 11.8 Å². The third kappa shape index (κ3) is 2.50. The molecule has 20 heavy (non-hydrogen) atoms. The topological polar surface area (TPSA) is 80.0 Å². The van der Waals surface area contributed by atoms with E-state index >= 15 is 0 Å². The fourth-order valence-electron chi connectivity index (χ4n) is 1.42. The Bertz CT molecular complexity index is 810. The van der Waals surface area contributed by atoms with Crippen LogP contribution in [0.2, 0.25) is 0 Å². The van der Waals surface area contributed by atoms with Crippen LogP contribution in [0.15, 0.2) is 30.5 Å². The third-order valence-electron chi connectivity index (χ3n) is 2.31. The average Bonchev–Trinajstić information content (AvgIpc) is 2.36. The van der Waals surface area contributed by atoms with Crippen LogP contribution in [0.3, 0.4) is 0 Å². The predicted molar refractivity (Wildman–Crippen MR) is 62.1 cm³/mol. The Labute approximate surface area is 111 Å². The summed E-state index contributed by atoms with van der Waals surface area (Å²) in [5, 5.41) is 9.32. The Balaban J connectivity index is 2.58. The quantitative estimate of drug-likeness (QED) is 0.628. The van der Waals surface area contributed by atoms with Crippen LogP contribution in [-0.2, 0) is 10.1 Å². The number of rotatable bonds is 2. The number of nitrogens with zero attached hydrogens (tertiary/aromatic N) is 2. The van der Waals surface area contributed by atoms with Crippen molar-refractivity contribution < 1.29 is 25.8 Å². The van der Waals surface area contributed by atoms with Crippen molar-refractivity contribution in [2.45, 2.75) is 5.51 Å². The number of halogens is 3. The highest BCUT2D eigenvalue weighted by Gasteiger charge is 2.48. The monoisotopic (exact) mass is 302 g/mol. The van der Waals surface area contributed by atoms with E-state index in [0.29, 0.717) is 5.39 Å². The van der Waals surface area contributed by atoms with Gasteiger partial charge in [-0.05, 0) is 12.1 Å². The van der Waals surface area contributed by atoms with Crippen LogP contribution in [0.25, 0.3) is 10.9 Å². The van der Waals surface area contributed by atoms with Crippen LogP contribution in [-0.4, -0.2) is 18.9 Å². The standard InChI is InChI=1S/C11H5F3N2O3S/c12-11(13,14)20(17,18)19-10-5-9-7(2-1-3-16-9)4-8(10)6-15/h1-5H. The van der Waals surface area contributed by atoms with E-state index in [1.54, 1.807) is 18.2 Å². The molecule has 1 heterocycles. The molecule has 0 aliphatic carbocycles. The van der Waals surface area contributed by atoms with Gasteiger partial charge in [0.2, 0.25) is 0 Å². The molecular formula is C11H5F3N2O3S. The van der Waals surface area contributed by atoms with Gasteiger partial charge in [-0.25, -0.2) is 0 Å². The van der Waals surface area contributed by atoms with E-state index in [4.69, 9.17) is 5.26 Å². The summed E-state index contributed by atoms with van der Waals surface area (Å²) in [6.45, 7) is 0. The number of hydrogen-bond acceptors (Lipinski definition) is 5. The zero-order valence-electron chi connectivity index (χ0n) is 9.55. The second-order valence-electron chi connectivity index (χ2n) is 3.64. The first-order valence-electron chi connectivity index (χ1n) is 5.04. The summed E-state index contributed by atoms with van der Waals surface area (Å²) in [5.74, 6) is -0.712. The third-order valence-corrected chi connectivity index (χ3v) is 3.27. The lowest BCUT2D eigenvalue weighted by Gasteiger charge is -2.11. The van der Waals surface area contributed by atoms with Crippen molar-refractivity contribution in [3.63, 3.8) is 0 Å². The van der Waals surface area contributed by atoms with E-state index in [9.17, 15) is 21.6 Å². The fourth-order valence-corrected chi connectivity index (χ4v) is 1.89. The number of benzene rings is 1. The van der Waals surface area contributed by atoms with E-state index in [1.165, 1.54) is 12.3 Å². The number of pyridine rings is 1. The van der Waals surface area contributed by atoms with Gasteiger partial charge in [0.25, 0.3) is 0 Å². The summed E-state index contributed by atoms with van der Waals surface area (Å²) < 4.78 is 62.6. The van der Waals surface area contributed by atoms with Crippen molar-refractivity contribution in [1.29, 1.82) is 5.26 Å². The zero-order chi connectivity index (χ0) is 15.0. The summed E-state index contributed by atoms with van der Waals surface area (Å²) in [7, 11) is -5.83. The summed E-state index contributed by atoms with van der Waals surface area (Å²) >= 11 is 0. The number of nitriles is 1. The van der Waals surface area contributed by atoms with Gasteiger partial charge < -0.3 is 4.18 Å². The van der Waals surface area contributed by atoms with Gasteiger partial charge in [-0.3, -0.25) is 4.98 Å². The van der Waals surface area contributed by atoms with Crippen molar-refractivity contribution >= 4 is 21.0 Å². The van der Waals surface area contributed by atoms with Gasteiger partial charge in [-0.15, -0.1) is 0 Å². The molecule has 0 aliphatic heterocycles. The van der Waals surface area contributed by atoms with Crippen molar-refractivity contribution in [1.82, 2.24) is 4.98 Å². The molecule has 0 atom stereocenters. The van der Waals surface area contributed by atoms with E-state index in [0.717, 1.165) is 6.07 Å². The van der Waals surface area contributed by atoms with Gasteiger partial charge in [0, 0.05) is 17.6 Å². The van der Waals surface area contributed by atoms with Crippen molar-refractivity contribution in [2.24, 2.45) is 0 Å². The molecule has 0 amide bonds. The summed E-state index contributed by atoms with van der Waals surface area (Å²) in [6, 6.07) is 6.89. The molecule has 0 N–H and O–H groups in total. The molecule has 5 nitrogen and oxygen atoms in total. The lowest BCUT2D eigenvalue weighted by molar-refractivity contribution is -0.0500. The van der Waals surface area contributed by atoms with Crippen LogP contribution < -0.4 is 4.18 Å². The Morgan fingerprint density at radius 3 is 2.60 bits per heavy atom. The number of aromatic nitrogens is 1. The predicted octanol–water partition coefficient (Wildman–Crippen LogP) is 2.33. The molecule has 0 radical (unpaired) electrons. The van der Waals surface area contributed by atoms with Gasteiger partial charge in [-0.2, -0.15) is 26.9 Å². The highest BCUT2D eigenvalue weighted by molar-refractivity contribution is 7.88. The van der Waals surface area contributed by atoms with Crippen LogP contribution in [0, 0.1) is 11.3 Å². The van der Waals surface area contributed by atoms with E-state index in [1.807, 2.05) is 0 Å². The van der Waals surface area contributed by atoms with E-state index < -0.39 is 21.4 Å². The lowest BCUT2D eigenvalue weighted by atomic mass is 10.1. The highest BCUT2D eigenvalue weighted by Crippen LogP contribution is 2.30. The number of fused-ring (bicyclic) bond motifs is 1. The molecular weight excluding hydrogens is 297 g/mol. The molecule has 0 unspecified atom stereocenters. The molecule has 1 aromatic heterocycles. The van der Waals surface area contributed by atoms with Gasteiger partial charge in [0.1, 0.15) is 6.07 Å². The number of hydrogen-bond donors (Lipinski definition) is 0. The Hall–Kier alpha value is -2.34. The Kier molecular flexibility index (Phi) is 3.27. The Morgan fingerprint density at radius 1 is 1.30 bits per heavy atom. The molecule has 0 saturated heterocycles. The van der Waals surface area contributed by atoms with E-state index in [2.05, 4.69) is 9.17 Å². The Morgan fingerprint density at radius 2 is 2.00 bits per heavy atom. The smallest absolute Gasteiger partial charge is 0.375 e. The maximum atomic E-state index is 12.3. The van der Waals surface area contributed by atoms with Crippen LogP contribution in [0.5, 0.6) is 5.75 Å². The van der Waals surface area contributed by atoms with Crippen molar-refractivity contribution in [2.75, 3.05) is 0 Å². The minimum atomic E-state index is -5.83. The molecule has 2 aromatic rings.